The van der Waals surface area contributed by atoms with Crippen LogP contribution >= 0.6 is 0 Å². The van der Waals surface area contributed by atoms with Crippen LogP contribution in [0.25, 0.3) is 0 Å². The van der Waals surface area contributed by atoms with Crippen LogP contribution in [-0.4, -0.2) is 22.5 Å². The Kier molecular flexibility index (Phi) is 5.08. The van der Waals surface area contributed by atoms with Crippen molar-refractivity contribution in [2.24, 2.45) is 0 Å². The van der Waals surface area contributed by atoms with Gasteiger partial charge in [-0.2, -0.15) is 0 Å². The number of carbonyl (C=O) groups is 3. The molecule has 0 spiro atoms. The molecule has 2 aromatic carbocycles. The molecule has 26 heavy (non-hydrogen) atoms. The second-order valence-corrected chi connectivity index (χ2v) is 5.78. The van der Waals surface area contributed by atoms with E-state index in [9.17, 15) is 14.4 Å². The fraction of sp³-hybridized carbons (Fsp3) is 0.0952. The van der Waals surface area contributed by atoms with Crippen molar-refractivity contribution in [3.05, 3.63) is 95.3 Å². The topological polar surface area (TPSA) is 76.2 Å². The predicted octanol–water partition coefficient (Wildman–Crippen LogP) is 4.00. The number of aromatic nitrogens is 1. The van der Waals surface area contributed by atoms with Gasteiger partial charge in [-0.25, -0.2) is 4.79 Å². The van der Waals surface area contributed by atoms with Crippen LogP contribution in [0.5, 0.6) is 0 Å². The van der Waals surface area contributed by atoms with Crippen LogP contribution in [0.2, 0.25) is 0 Å². The van der Waals surface area contributed by atoms with E-state index < -0.39 is 12.1 Å². The van der Waals surface area contributed by atoms with Gasteiger partial charge in [0.25, 0.3) is 0 Å². The number of benzene rings is 2. The molecule has 0 amide bonds. The quantitative estimate of drug-likeness (QED) is 0.540. The van der Waals surface area contributed by atoms with E-state index >= 15 is 0 Å². The van der Waals surface area contributed by atoms with Gasteiger partial charge in [-0.3, -0.25) is 9.59 Å². The molecule has 3 rings (SSSR count). The maximum atomic E-state index is 12.9. The van der Waals surface area contributed by atoms with Gasteiger partial charge in [-0.15, -0.1) is 0 Å². The highest BCUT2D eigenvalue weighted by Crippen LogP contribution is 2.24. The van der Waals surface area contributed by atoms with Gasteiger partial charge in [0.2, 0.25) is 5.78 Å². The fourth-order valence-corrected chi connectivity index (χ4v) is 2.54. The summed E-state index contributed by atoms with van der Waals surface area (Å²) in [7, 11) is 0. The molecule has 130 valence electrons. The Hall–Kier alpha value is -3.47. The average molecular weight is 347 g/mol. The zero-order valence-corrected chi connectivity index (χ0v) is 14.1. The van der Waals surface area contributed by atoms with E-state index in [2.05, 4.69) is 4.98 Å². The van der Waals surface area contributed by atoms with Crippen LogP contribution in [0.1, 0.15) is 49.8 Å². The Morgan fingerprint density at radius 1 is 0.885 bits per heavy atom. The molecule has 0 aliphatic heterocycles. The Bertz CT molecular complexity index is 929. The first-order valence-corrected chi connectivity index (χ1v) is 8.11. The average Bonchev–Trinajstić information content (AvgIpc) is 3.17. The highest BCUT2D eigenvalue weighted by atomic mass is 16.5. The molecule has 0 unspecified atom stereocenters. The standard InChI is InChI=1S/C21H17NO4/c1-14(23)17-12-18(22-13-17)21(25)26-20(16-10-6-3-7-11-16)19(24)15-8-4-2-5-9-15/h2-13,20,22H,1H3/t20-/m0/s1. The summed E-state index contributed by atoms with van der Waals surface area (Å²) in [5.74, 6) is -1.18. The summed E-state index contributed by atoms with van der Waals surface area (Å²) in [4.78, 5) is 39.5. The lowest BCUT2D eigenvalue weighted by Gasteiger charge is -2.17. The van der Waals surface area contributed by atoms with Crippen LogP contribution in [-0.2, 0) is 4.74 Å². The van der Waals surface area contributed by atoms with Crippen molar-refractivity contribution in [3.8, 4) is 0 Å². The number of hydrogen-bond acceptors (Lipinski definition) is 4. The number of hydrogen-bond donors (Lipinski definition) is 1. The second-order valence-electron chi connectivity index (χ2n) is 5.78. The molecule has 0 saturated carbocycles. The maximum Gasteiger partial charge on any atom is 0.355 e. The lowest BCUT2D eigenvalue weighted by atomic mass is 10.00. The Morgan fingerprint density at radius 2 is 1.50 bits per heavy atom. The molecular formula is C21H17NO4. The normalized spacial score (nSPS) is 11.6. The smallest absolute Gasteiger partial charge is 0.355 e. The summed E-state index contributed by atoms with van der Waals surface area (Å²) in [5.41, 5.74) is 1.53. The zero-order valence-electron chi connectivity index (χ0n) is 14.1. The number of ether oxygens (including phenoxy) is 1. The van der Waals surface area contributed by atoms with E-state index in [1.54, 1.807) is 48.5 Å². The monoisotopic (exact) mass is 347 g/mol. The molecule has 5 nitrogen and oxygen atoms in total. The number of carbonyl (C=O) groups excluding carboxylic acids is 3. The number of ketones is 2. The van der Waals surface area contributed by atoms with Crippen molar-refractivity contribution >= 4 is 17.5 Å². The minimum Gasteiger partial charge on any atom is -0.444 e. The van der Waals surface area contributed by atoms with Crippen molar-refractivity contribution < 1.29 is 19.1 Å². The Labute approximate surface area is 150 Å². The first kappa shape index (κ1) is 17.4. The molecule has 1 heterocycles. The minimum atomic E-state index is -1.07. The number of H-pyrrole nitrogens is 1. The molecule has 0 radical (unpaired) electrons. The van der Waals surface area contributed by atoms with Gasteiger partial charge in [0.05, 0.1) is 0 Å². The van der Waals surface area contributed by atoms with Crippen LogP contribution in [0.3, 0.4) is 0 Å². The van der Waals surface area contributed by atoms with Gasteiger partial charge in [0.15, 0.2) is 11.9 Å². The number of aromatic amines is 1. The molecule has 1 N–H and O–H groups in total. The summed E-state index contributed by atoms with van der Waals surface area (Å²) in [6, 6.07) is 18.9. The van der Waals surface area contributed by atoms with Gasteiger partial charge in [-0.1, -0.05) is 60.7 Å². The van der Waals surface area contributed by atoms with Crippen LogP contribution in [0, 0.1) is 0 Å². The van der Waals surface area contributed by atoms with Crippen molar-refractivity contribution in [2.45, 2.75) is 13.0 Å². The molecule has 0 fully saturated rings. The molecule has 5 heteroatoms. The van der Waals surface area contributed by atoms with Gasteiger partial charge in [0, 0.05) is 22.9 Å². The number of Topliss-reactive ketones (excluding diaryl/α,β-unsaturated/α-hetero) is 2. The van der Waals surface area contributed by atoms with Gasteiger partial charge in [0.1, 0.15) is 5.69 Å². The van der Waals surface area contributed by atoms with Gasteiger partial charge < -0.3 is 9.72 Å². The lowest BCUT2D eigenvalue weighted by Crippen LogP contribution is -2.20. The Balaban J connectivity index is 1.89. The molecule has 0 saturated heterocycles. The Morgan fingerprint density at radius 3 is 2.08 bits per heavy atom. The van der Waals surface area contributed by atoms with Gasteiger partial charge >= 0.3 is 5.97 Å². The summed E-state index contributed by atoms with van der Waals surface area (Å²) in [6.07, 6.45) is 0.366. The summed E-state index contributed by atoms with van der Waals surface area (Å²) in [5, 5.41) is 0. The fourth-order valence-electron chi connectivity index (χ4n) is 2.54. The van der Waals surface area contributed by atoms with Crippen molar-refractivity contribution in [2.75, 3.05) is 0 Å². The number of rotatable bonds is 6. The molecule has 1 aromatic heterocycles. The van der Waals surface area contributed by atoms with Crippen LogP contribution in [0.15, 0.2) is 72.9 Å². The lowest BCUT2D eigenvalue weighted by molar-refractivity contribution is 0.0275. The van der Waals surface area contributed by atoms with E-state index in [4.69, 9.17) is 4.74 Å². The molecular weight excluding hydrogens is 330 g/mol. The number of esters is 1. The van der Waals surface area contributed by atoms with Crippen LogP contribution < -0.4 is 0 Å². The molecule has 0 aliphatic carbocycles. The third-order valence-electron chi connectivity index (χ3n) is 3.93. The number of nitrogens with one attached hydrogen (secondary N) is 1. The summed E-state index contributed by atoms with van der Waals surface area (Å²) >= 11 is 0. The van der Waals surface area contributed by atoms with Crippen molar-refractivity contribution in [3.63, 3.8) is 0 Å². The van der Waals surface area contributed by atoms with E-state index in [0.717, 1.165) is 0 Å². The SMILES string of the molecule is CC(=O)c1c[nH]c(C(=O)O[C@H](C(=O)c2ccccc2)c2ccccc2)c1. The highest BCUT2D eigenvalue weighted by molar-refractivity contribution is 6.02. The zero-order chi connectivity index (χ0) is 18.5. The van der Waals surface area contributed by atoms with Crippen LogP contribution in [0.4, 0.5) is 0 Å². The largest absolute Gasteiger partial charge is 0.444 e. The first-order valence-electron chi connectivity index (χ1n) is 8.11. The predicted molar refractivity (Wildman–Crippen MR) is 96.2 cm³/mol. The minimum absolute atomic E-state index is 0.122. The third kappa shape index (κ3) is 3.78. The van der Waals surface area contributed by atoms with E-state index in [0.29, 0.717) is 16.7 Å². The van der Waals surface area contributed by atoms with Crippen molar-refractivity contribution in [1.29, 1.82) is 0 Å². The van der Waals surface area contributed by atoms with Crippen molar-refractivity contribution in [1.82, 2.24) is 4.98 Å². The maximum absolute atomic E-state index is 12.9. The van der Waals surface area contributed by atoms with E-state index in [1.807, 2.05) is 12.1 Å². The second kappa shape index (κ2) is 7.61. The molecule has 1 atom stereocenters. The van der Waals surface area contributed by atoms with E-state index in [1.165, 1.54) is 19.2 Å². The molecule has 0 aliphatic rings. The first-order chi connectivity index (χ1) is 12.6. The van der Waals surface area contributed by atoms with Gasteiger partial charge in [-0.05, 0) is 13.0 Å². The third-order valence-corrected chi connectivity index (χ3v) is 3.93. The molecule has 3 aromatic rings. The molecule has 0 bridgehead atoms. The summed E-state index contributed by atoms with van der Waals surface area (Å²) < 4.78 is 5.50. The highest BCUT2D eigenvalue weighted by Gasteiger charge is 2.27. The summed E-state index contributed by atoms with van der Waals surface area (Å²) in [6.45, 7) is 1.41. The van der Waals surface area contributed by atoms with E-state index in [-0.39, 0.29) is 17.3 Å².